The zero-order valence-electron chi connectivity index (χ0n) is 12.1. The van der Waals surface area contributed by atoms with Crippen molar-refractivity contribution in [3.05, 3.63) is 18.0 Å². The number of rotatable bonds is 3. The Morgan fingerprint density at radius 3 is 2.78 bits per heavy atom. The lowest BCUT2D eigenvalue weighted by molar-refractivity contribution is 0.117. The molecule has 1 saturated heterocycles. The van der Waals surface area contributed by atoms with Gasteiger partial charge < -0.3 is 5.73 Å². The fraction of sp³-hybridized carbons (Fsp3) is 0.786. The van der Waals surface area contributed by atoms with E-state index in [0.717, 1.165) is 25.9 Å². The van der Waals surface area contributed by atoms with Crippen LogP contribution in [0.4, 0.5) is 0 Å². The second kappa shape index (κ2) is 5.02. The molecule has 1 aliphatic heterocycles. The van der Waals surface area contributed by atoms with E-state index in [1.165, 1.54) is 5.56 Å². The molecule has 1 aromatic rings. The molecule has 2 N–H and O–H groups in total. The van der Waals surface area contributed by atoms with Crippen LogP contribution in [0.1, 0.15) is 52.1 Å². The molecule has 2 atom stereocenters. The largest absolute Gasteiger partial charge is 0.326 e. The Kier molecular flexibility index (Phi) is 3.78. The van der Waals surface area contributed by atoms with Gasteiger partial charge in [0.05, 0.1) is 12.2 Å². The Labute approximate surface area is 110 Å². The molecule has 4 nitrogen and oxygen atoms in total. The first-order valence-electron chi connectivity index (χ1n) is 6.98. The maximum absolute atomic E-state index is 6.30. The predicted octanol–water partition coefficient (Wildman–Crippen LogP) is 2.17. The summed E-state index contributed by atoms with van der Waals surface area (Å²) >= 11 is 0. The summed E-state index contributed by atoms with van der Waals surface area (Å²) in [6, 6.07) is 0.541. The van der Waals surface area contributed by atoms with Crippen molar-refractivity contribution in [3.8, 4) is 0 Å². The third-order valence-electron chi connectivity index (χ3n) is 3.75. The van der Waals surface area contributed by atoms with E-state index in [0.29, 0.717) is 6.04 Å². The van der Waals surface area contributed by atoms with Gasteiger partial charge in [0.1, 0.15) is 0 Å². The van der Waals surface area contributed by atoms with Gasteiger partial charge in [-0.1, -0.05) is 6.92 Å². The molecular formula is C14H26N4. The van der Waals surface area contributed by atoms with Crippen LogP contribution in [0.5, 0.6) is 0 Å². The molecule has 0 saturated carbocycles. The van der Waals surface area contributed by atoms with Crippen molar-refractivity contribution in [2.24, 2.45) is 5.73 Å². The minimum atomic E-state index is 0.158. The highest BCUT2D eigenvalue weighted by Crippen LogP contribution is 2.36. The highest BCUT2D eigenvalue weighted by Gasteiger charge is 2.39. The molecule has 0 aromatic carbocycles. The van der Waals surface area contributed by atoms with Crippen LogP contribution in [0.15, 0.2) is 12.4 Å². The summed E-state index contributed by atoms with van der Waals surface area (Å²) in [6.45, 7) is 11.0. The van der Waals surface area contributed by atoms with Crippen molar-refractivity contribution in [2.75, 3.05) is 6.54 Å². The quantitative estimate of drug-likeness (QED) is 0.894. The maximum atomic E-state index is 6.30. The first-order valence-corrected chi connectivity index (χ1v) is 6.98. The molecular weight excluding hydrogens is 224 g/mol. The zero-order chi connectivity index (χ0) is 13.3. The van der Waals surface area contributed by atoms with E-state index in [1.807, 2.05) is 10.9 Å². The van der Waals surface area contributed by atoms with Crippen LogP contribution < -0.4 is 5.73 Å². The van der Waals surface area contributed by atoms with Crippen molar-refractivity contribution >= 4 is 0 Å². The molecule has 1 fully saturated rings. The van der Waals surface area contributed by atoms with Gasteiger partial charge >= 0.3 is 0 Å². The summed E-state index contributed by atoms with van der Waals surface area (Å²) in [5.41, 5.74) is 7.73. The minimum Gasteiger partial charge on any atom is -0.326 e. The Morgan fingerprint density at radius 2 is 2.17 bits per heavy atom. The van der Waals surface area contributed by atoms with Crippen molar-refractivity contribution in [1.82, 2.24) is 14.7 Å². The van der Waals surface area contributed by atoms with Crippen LogP contribution >= 0.6 is 0 Å². The van der Waals surface area contributed by atoms with Gasteiger partial charge in [-0.2, -0.15) is 5.10 Å². The Balaban J connectivity index is 2.22. The van der Waals surface area contributed by atoms with E-state index in [-0.39, 0.29) is 11.6 Å². The SMILES string of the molecule is CCCn1cc(C2C(N)CCN2C(C)(C)C)cn1. The van der Waals surface area contributed by atoms with E-state index in [9.17, 15) is 0 Å². The Hall–Kier alpha value is -0.870. The first kappa shape index (κ1) is 13.6. The number of hydrogen-bond donors (Lipinski definition) is 1. The molecule has 0 radical (unpaired) electrons. The second-order valence-electron chi connectivity index (χ2n) is 6.30. The normalized spacial score (nSPS) is 25.8. The second-order valence-corrected chi connectivity index (χ2v) is 6.30. The van der Waals surface area contributed by atoms with Gasteiger partial charge in [-0.25, -0.2) is 0 Å². The van der Waals surface area contributed by atoms with E-state index in [2.05, 4.69) is 43.9 Å². The van der Waals surface area contributed by atoms with E-state index >= 15 is 0 Å². The number of hydrogen-bond acceptors (Lipinski definition) is 3. The maximum Gasteiger partial charge on any atom is 0.0538 e. The molecule has 4 heteroatoms. The molecule has 0 bridgehead atoms. The van der Waals surface area contributed by atoms with Gasteiger partial charge in [0.25, 0.3) is 0 Å². The fourth-order valence-electron chi connectivity index (χ4n) is 2.88. The number of likely N-dealkylation sites (tertiary alicyclic amines) is 1. The monoisotopic (exact) mass is 250 g/mol. The number of aromatic nitrogens is 2. The molecule has 2 unspecified atom stereocenters. The first-order chi connectivity index (χ1) is 8.43. The average molecular weight is 250 g/mol. The smallest absolute Gasteiger partial charge is 0.0538 e. The van der Waals surface area contributed by atoms with E-state index < -0.39 is 0 Å². The number of nitrogens with two attached hydrogens (primary N) is 1. The van der Waals surface area contributed by atoms with Gasteiger partial charge in [0, 0.05) is 36.4 Å². The molecule has 0 amide bonds. The standard InChI is InChI=1S/C14H26N4/c1-5-7-17-10-11(9-16-17)13-12(15)6-8-18(13)14(2,3)4/h9-10,12-13H,5-8,15H2,1-4H3. The van der Waals surface area contributed by atoms with Gasteiger partial charge in [-0.15, -0.1) is 0 Å². The summed E-state index contributed by atoms with van der Waals surface area (Å²) in [5.74, 6) is 0. The van der Waals surface area contributed by atoms with Gasteiger partial charge in [0.2, 0.25) is 0 Å². The van der Waals surface area contributed by atoms with Crippen LogP contribution in [0, 0.1) is 0 Å². The highest BCUT2D eigenvalue weighted by molar-refractivity contribution is 5.17. The van der Waals surface area contributed by atoms with Crippen LogP contribution in [0.3, 0.4) is 0 Å². The molecule has 2 heterocycles. The lowest BCUT2D eigenvalue weighted by Crippen LogP contribution is -2.43. The summed E-state index contributed by atoms with van der Waals surface area (Å²) in [6.07, 6.45) is 6.34. The summed E-state index contributed by atoms with van der Waals surface area (Å²) in [4.78, 5) is 2.50. The summed E-state index contributed by atoms with van der Waals surface area (Å²) in [5, 5.41) is 4.44. The minimum absolute atomic E-state index is 0.158. The Morgan fingerprint density at radius 1 is 1.44 bits per heavy atom. The number of aryl methyl sites for hydroxylation is 1. The number of nitrogens with zero attached hydrogens (tertiary/aromatic N) is 3. The van der Waals surface area contributed by atoms with E-state index in [4.69, 9.17) is 5.73 Å². The molecule has 1 aromatic heterocycles. The highest BCUT2D eigenvalue weighted by atomic mass is 15.3. The van der Waals surface area contributed by atoms with Crippen molar-refractivity contribution in [3.63, 3.8) is 0 Å². The average Bonchev–Trinajstić information content (AvgIpc) is 2.84. The zero-order valence-corrected chi connectivity index (χ0v) is 12.1. The third kappa shape index (κ3) is 2.59. The predicted molar refractivity (Wildman–Crippen MR) is 74.3 cm³/mol. The molecule has 0 spiro atoms. The molecule has 2 rings (SSSR count). The van der Waals surface area contributed by atoms with Crippen LogP contribution in [-0.2, 0) is 6.54 Å². The molecule has 102 valence electrons. The van der Waals surface area contributed by atoms with Crippen LogP contribution in [0.2, 0.25) is 0 Å². The van der Waals surface area contributed by atoms with Gasteiger partial charge in [-0.05, 0) is 33.6 Å². The lowest BCUT2D eigenvalue weighted by atomic mass is 9.99. The van der Waals surface area contributed by atoms with E-state index in [1.54, 1.807) is 0 Å². The van der Waals surface area contributed by atoms with Crippen LogP contribution in [0.25, 0.3) is 0 Å². The fourth-order valence-corrected chi connectivity index (χ4v) is 2.88. The Bertz CT molecular complexity index is 391. The van der Waals surface area contributed by atoms with Crippen molar-refractivity contribution in [1.29, 1.82) is 0 Å². The molecule has 18 heavy (non-hydrogen) atoms. The topological polar surface area (TPSA) is 47.1 Å². The third-order valence-corrected chi connectivity index (χ3v) is 3.75. The van der Waals surface area contributed by atoms with Gasteiger partial charge in [-0.3, -0.25) is 9.58 Å². The van der Waals surface area contributed by atoms with Crippen LogP contribution in [-0.4, -0.2) is 32.8 Å². The van der Waals surface area contributed by atoms with Gasteiger partial charge in [0.15, 0.2) is 0 Å². The van der Waals surface area contributed by atoms with Crippen molar-refractivity contribution in [2.45, 2.75) is 64.7 Å². The molecule has 0 aliphatic carbocycles. The molecule has 1 aliphatic rings. The summed E-state index contributed by atoms with van der Waals surface area (Å²) < 4.78 is 2.03. The van der Waals surface area contributed by atoms with Crippen molar-refractivity contribution < 1.29 is 0 Å². The lowest BCUT2D eigenvalue weighted by Gasteiger charge is -2.37. The summed E-state index contributed by atoms with van der Waals surface area (Å²) in [7, 11) is 0.